The Morgan fingerprint density at radius 2 is 1.65 bits per heavy atom. The number of alkyl halides is 2. The minimum Gasteiger partial charge on any atom is -0.374 e. The van der Waals surface area contributed by atoms with Crippen LogP contribution < -0.4 is 21.5 Å². The number of amides is 3. The van der Waals surface area contributed by atoms with Gasteiger partial charge in [0.15, 0.2) is 5.82 Å². The van der Waals surface area contributed by atoms with E-state index in [1.807, 2.05) is 4.90 Å². The number of hydrogen-bond acceptors (Lipinski definition) is 9. The highest BCUT2D eigenvalue weighted by Gasteiger charge is 2.47. The quantitative estimate of drug-likeness (QED) is 0.127. The van der Waals surface area contributed by atoms with Crippen LogP contribution in [0.4, 0.5) is 29.2 Å². The number of nitrogens with zero attached hydrogens (tertiary/aromatic N) is 5. The summed E-state index contributed by atoms with van der Waals surface area (Å²) in [4.78, 5) is 61.8. The molecule has 8 rings (SSSR count). The fourth-order valence-corrected chi connectivity index (χ4v) is 9.19. The van der Waals surface area contributed by atoms with Crippen molar-refractivity contribution in [1.82, 2.24) is 29.7 Å². The third-order valence-corrected chi connectivity index (χ3v) is 12.5. The zero-order chi connectivity index (χ0) is 42.0. The molecule has 2 atom stereocenters. The first-order valence-corrected chi connectivity index (χ1v) is 20.8. The molecule has 1 aliphatic carbocycles. The maximum Gasteiger partial charge on any atom is 0.267 e. The van der Waals surface area contributed by atoms with Gasteiger partial charge < -0.3 is 15.5 Å². The maximum absolute atomic E-state index is 15.6. The number of benzene rings is 2. The van der Waals surface area contributed by atoms with Crippen molar-refractivity contribution in [2.75, 3.05) is 43.4 Å². The summed E-state index contributed by atoms with van der Waals surface area (Å²) in [5.41, 5.74) is 1.24. The zero-order valence-corrected chi connectivity index (χ0v) is 33.1. The number of carbonyl (C=O) groups excluding carboxylic acids is 3. The fourth-order valence-electron chi connectivity index (χ4n) is 9.19. The number of aromatic nitrogens is 3. The maximum atomic E-state index is 15.6. The van der Waals surface area contributed by atoms with Crippen LogP contribution in [0.2, 0.25) is 0 Å². The van der Waals surface area contributed by atoms with Crippen molar-refractivity contribution in [3.8, 4) is 16.9 Å². The van der Waals surface area contributed by atoms with Crippen molar-refractivity contribution >= 4 is 29.4 Å². The molecule has 0 spiro atoms. The highest BCUT2D eigenvalue weighted by Crippen LogP contribution is 2.42. The van der Waals surface area contributed by atoms with Gasteiger partial charge in [-0.1, -0.05) is 24.3 Å². The second-order valence-electron chi connectivity index (χ2n) is 16.5. The van der Waals surface area contributed by atoms with Gasteiger partial charge in [0.1, 0.15) is 17.6 Å². The van der Waals surface area contributed by atoms with Crippen LogP contribution >= 0.6 is 0 Å². The largest absolute Gasteiger partial charge is 0.374 e. The lowest BCUT2D eigenvalue weighted by molar-refractivity contribution is -0.138. The smallest absolute Gasteiger partial charge is 0.267 e. The Labute approximate surface area is 344 Å². The molecule has 0 radical (unpaired) electrons. The van der Waals surface area contributed by atoms with Gasteiger partial charge in [0, 0.05) is 67.2 Å². The average Bonchev–Trinajstić information content (AvgIpc) is 3.23. The Morgan fingerprint density at radius 3 is 2.38 bits per heavy atom. The summed E-state index contributed by atoms with van der Waals surface area (Å²) in [6.07, 6.45) is 7.54. The summed E-state index contributed by atoms with van der Waals surface area (Å²) in [7, 11) is 0. The van der Waals surface area contributed by atoms with E-state index in [1.165, 1.54) is 22.8 Å². The van der Waals surface area contributed by atoms with Crippen LogP contribution in [0.15, 0.2) is 77.9 Å². The van der Waals surface area contributed by atoms with Crippen LogP contribution in [0.3, 0.4) is 0 Å². The van der Waals surface area contributed by atoms with Crippen molar-refractivity contribution in [3.05, 3.63) is 101 Å². The molecule has 316 valence electrons. The molecule has 4 fully saturated rings. The molecule has 60 heavy (non-hydrogen) atoms. The van der Waals surface area contributed by atoms with Gasteiger partial charge in [-0.3, -0.25) is 34.0 Å². The molecule has 5 heterocycles. The van der Waals surface area contributed by atoms with Crippen LogP contribution in [0.1, 0.15) is 69.3 Å². The number of imide groups is 1. The lowest BCUT2D eigenvalue weighted by atomic mass is 9.84. The van der Waals surface area contributed by atoms with Crippen LogP contribution in [-0.4, -0.2) is 92.8 Å². The summed E-state index contributed by atoms with van der Waals surface area (Å²) in [5, 5.41) is 8.46. The molecule has 3 amide bonds. The Morgan fingerprint density at radius 1 is 0.850 bits per heavy atom. The van der Waals surface area contributed by atoms with Crippen molar-refractivity contribution in [2.24, 2.45) is 11.8 Å². The van der Waals surface area contributed by atoms with E-state index in [0.29, 0.717) is 63.1 Å². The first-order valence-electron chi connectivity index (χ1n) is 20.8. The SMILES string of the molecule is O=C1CCC(Nc2ccc(C3CCN(CC4CCN(C(=O)C5CCC(Nc6ncc(F)c(-c7cccc(-n8ccccc8=O)c7)n6)CC5)CC4)CC3(F)F)c(F)c2)C(=O)N1. The standard InChI is InChI=1S/C44H48F4N8O4/c45-35-23-31(50-37-13-14-38(57)52-41(37)59)11-12-33(35)34-17-19-54(26-44(34,47)48)25-27-15-20-55(21-16-27)42(60)28-7-9-30(10-8-28)51-43-49-24-36(46)40(53-43)29-4-3-5-32(22-29)56-18-2-1-6-39(56)58/h1-6,11-12,18,22-24,27-28,30,34,37,50H,7-10,13-17,19-21,25-26H2,(H,49,51,53)(H,52,57,59). The highest BCUT2D eigenvalue weighted by molar-refractivity contribution is 6.01. The molecule has 1 saturated carbocycles. The highest BCUT2D eigenvalue weighted by atomic mass is 19.3. The van der Waals surface area contributed by atoms with Gasteiger partial charge >= 0.3 is 0 Å². The third kappa shape index (κ3) is 9.23. The Balaban J connectivity index is 0.783. The number of likely N-dealkylation sites (tertiary alicyclic amines) is 2. The summed E-state index contributed by atoms with van der Waals surface area (Å²) in [6.45, 7) is 1.57. The van der Waals surface area contributed by atoms with Crippen LogP contribution in [-0.2, 0) is 14.4 Å². The second-order valence-corrected chi connectivity index (χ2v) is 16.5. The van der Waals surface area contributed by atoms with Crippen LogP contribution in [0.5, 0.6) is 0 Å². The van der Waals surface area contributed by atoms with Crippen LogP contribution in [0.25, 0.3) is 16.9 Å². The fraction of sp³-hybridized carbons (Fsp3) is 0.455. The van der Waals surface area contributed by atoms with E-state index in [2.05, 4.69) is 25.9 Å². The van der Waals surface area contributed by atoms with E-state index in [9.17, 15) is 23.6 Å². The molecule has 3 aliphatic heterocycles. The predicted octanol–water partition coefficient (Wildman–Crippen LogP) is 6.12. The minimum atomic E-state index is -3.15. The molecular formula is C44H48F4N8O4. The van der Waals surface area contributed by atoms with Gasteiger partial charge in [-0.15, -0.1) is 0 Å². The van der Waals surface area contributed by atoms with Crippen molar-refractivity contribution in [3.63, 3.8) is 0 Å². The summed E-state index contributed by atoms with van der Waals surface area (Å²) < 4.78 is 62.9. The van der Waals surface area contributed by atoms with E-state index in [1.54, 1.807) is 47.5 Å². The summed E-state index contributed by atoms with van der Waals surface area (Å²) in [5.74, 6) is -6.17. The molecule has 0 bridgehead atoms. The molecule has 16 heteroatoms. The molecule has 4 aliphatic rings. The van der Waals surface area contributed by atoms with Gasteiger partial charge in [-0.25, -0.2) is 27.5 Å². The first-order chi connectivity index (χ1) is 28.9. The Hall–Kier alpha value is -5.64. The van der Waals surface area contributed by atoms with Gasteiger partial charge in [0.05, 0.1) is 18.7 Å². The zero-order valence-electron chi connectivity index (χ0n) is 33.1. The lowest BCUT2D eigenvalue weighted by Crippen LogP contribution is -2.50. The number of nitrogens with one attached hydrogen (secondary N) is 3. The molecule has 2 aromatic carbocycles. The number of rotatable bonds is 10. The molecule has 2 unspecified atom stereocenters. The second kappa shape index (κ2) is 17.5. The lowest BCUT2D eigenvalue weighted by Gasteiger charge is -2.42. The van der Waals surface area contributed by atoms with Gasteiger partial charge in [0.25, 0.3) is 11.5 Å². The van der Waals surface area contributed by atoms with Crippen molar-refractivity contribution in [1.29, 1.82) is 0 Å². The first kappa shape index (κ1) is 41.1. The molecule has 4 aromatic rings. The van der Waals surface area contributed by atoms with Crippen molar-refractivity contribution in [2.45, 2.75) is 81.7 Å². The minimum absolute atomic E-state index is 0.00690. The van der Waals surface area contributed by atoms with E-state index < -0.39 is 42.0 Å². The molecular weight excluding hydrogens is 781 g/mol. The molecule has 3 N–H and O–H groups in total. The number of anilines is 2. The van der Waals surface area contributed by atoms with Crippen LogP contribution in [0, 0.1) is 23.5 Å². The Bertz CT molecular complexity index is 2290. The predicted molar refractivity (Wildman–Crippen MR) is 217 cm³/mol. The molecule has 2 aromatic heterocycles. The van der Waals surface area contributed by atoms with Gasteiger partial charge in [0.2, 0.25) is 23.7 Å². The van der Waals surface area contributed by atoms with Crippen molar-refractivity contribution < 1.29 is 31.9 Å². The van der Waals surface area contributed by atoms with E-state index in [-0.39, 0.29) is 77.4 Å². The number of pyridine rings is 1. The van der Waals surface area contributed by atoms with Gasteiger partial charge in [-0.2, -0.15) is 0 Å². The van der Waals surface area contributed by atoms with Gasteiger partial charge in [-0.05, 0) is 99.7 Å². The molecule has 3 saturated heterocycles. The monoisotopic (exact) mass is 828 g/mol. The average molecular weight is 829 g/mol. The van der Waals surface area contributed by atoms with E-state index in [4.69, 9.17) is 0 Å². The van der Waals surface area contributed by atoms with E-state index >= 15 is 13.2 Å². The number of carbonyl (C=O) groups is 3. The Kier molecular flexibility index (Phi) is 12.0. The number of piperidine rings is 3. The normalized spacial score (nSPS) is 23.8. The van der Waals surface area contributed by atoms with E-state index in [0.717, 1.165) is 25.1 Å². The number of hydrogen-bond donors (Lipinski definition) is 3. The summed E-state index contributed by atoms with van der Waals surface area (Å²) in [6, 6.07) is 15.1. The third-order valence-electron chi connectivity index (χ3n) is 12.5. The number of halogens is 4. The summed E-state index contributed by atoms with van der Waals surface area (Å²) >= 11 is 0. The molecule has 12 nitrogen and oxygen atoms in total. The topological polar surface area (TPSA) is 142 Å².